The van der Waals surface area contributed by atoms with Crippen LogP contribution >= 0.6 is 0 Å². The third-order valence-corrected chi connectivity index (χ3v) is 4.85. The number of hydrogen-bond donors (Lipinski definition) is 1. The summed E-state index contributed by atoms with van der Waals surface area (Å²) in [5.74, 6) is 0.0292. The molecule has 0 saturated heterocycles. The van der Waals surface area contributed by atoms with E-state index in [0.29, 0.717) is 23.2 Å². The Morgan fingerprint density at radius 1 is 1.33 bits per heavy atom. The molecular weight excluding hydrogens is 383 g/mol. The second-order valence-corrected chi connectivity index (χ2v) is 8.22. The Bertz CT molecular complexity index is 1110. The first-order chi connectivity index (χ1) is 14.3. The third-order valence-electron chi connectivity index (χ3n) is 4.85. The number of hydrogen-bond acceptors (Lipinski definition) is 6. The molecule has 1 N–H and O–H groups in total. The fourth-order valence-electron chi connectivity index (χ4n) is 2.92. The number of benzene rings is 1. The van der Waals surface area contributed by atoms with E-state index in [-0.39, 0.29) is 12.4 Å². The maximum Gasteiger partial charge on any atom is 0.227 e. The van der Waals surface area contributed by atoms with Crippen molar-refractivity contribution in [2.24, 2.45) is 5.41 Å². The van der Waals surface area contributed by atoms with Crippen LogP contribution in [0, 0.1) is 29.5 Å². The van der Waals surface area contributed by atoms with E-state index in [1.807, 2.05) is 17.8 Å². The van der Waals surface area contributed by atoms with Gasteiger partial charge in [0.15, 0.2) is 11.6 Å². The molecule has 2 aromatic heterocycles. The lowest BCUT2D eigenvalue weighted by Gasteiger charge is -2.17. The Morgan fingerprint density at radius 3 is 2.83 bits per heavy atom. The number of halogens is 1. The fourth-order valence-corrected chi connectivity index (χ4v) is 2.92. The predicted octanol–water partition coefficient (Wildman–Crippen LogP) is 4.79. The van der Waals surface area contributed by atoms with Crippen molar-refractivity contribution in [2.75, 3.05) is 11.9 Å². The lowest BCUT2D eigenvalue weighted by atomic mass is 9.98. The van der Waals surface area contributed by atoms with Crippen LogP contribution in [-0.4, -0.2) is 26.4 Å². The summed E-state index contributed by atoms with van der Waals surface area (Å²) in [6, 6.07) is 7.34. The minimum Gasteiger partial charge on any atom is -0.489 e. The molecule has 0 atom stereocenters. The summed E-state index contributed by atoms with van der Waals surface area (Å²) in [6.45, 7) is 5.47. The van der Waals surface area contributed by atoms with Crippen LogP contribution in [0.1, 0.15) is 38.3 Å². The highest BCUT2D eigenvalue weighted by atomic mass is 19.1. The van der Waals surface area contributed by atoms with Crippen molar-refractivity contribution in [1.82, 2.24) is 19.7 Å². The number of nitrogens with one attached hydrogen (secondary N) is 1. The first-order valence-corrected chi connectivity index (χ1v) is 9.83. The van der Waals surface area contributed by atoms with Crippen molar-refractivity contribution in [2.45, 2.75) is 39.7 Å². The fraction of sp³-hybridized carbons (Fsp3) is 0.364. The molecule has 0 spiro atoms. The monoisotopic (exact) mass is 406 g/mol. The van der Waals surface area contributed by atoms with Crippen LogP contribution in [0.25, 0.3) is 11.3 Å². The molecule has 1 aliphatic carbocycles. The number of aryl methyl sites for hydroxylation is 1. The summed E-state index contributed by atoms with van der Waals surface area (Å²) >= 11 is 0. The highest BCUT2D eigenvalue weighted by Crippen LogP contribution is 2.35. The molecule has 4 rings (SSSR count). The van der Waals surface area contributed by atoms with Gasteiger partial charge >= 0.3 is 0 Å². The Morgan fingerprint density at radius 2 is 2.13 bits per heavy atom. The molecule has 0 aliphatic heterocycles. The van der Waals surface area contributed by atoms with Crippen LogP contribution in [0.5, 0.6) is 5.75 Å². The van der Waals surface area contributed by atoms with Crippen molar-refractivity contribution < 1.29 is 9.13 Å². The number of nitrogens with zero attached hydrogens (tertiary/aromatic N) is 5. The molecule has 0 bridgehead atoms. The average Bonchev–Trinajstić information content (AvgIpc) is 3.48. The van der Waals surface area contributed by atoms with E-state index in [1.165, 1.54) is 6.07 Å². The van der Waals surface area contributed by atoms with Gasteiger partial charge in [0.2, 0.25) is 5.95 Å². The Hall–Kier alpha value is -3.47. The van der Waals surface area contributed by atoms with E-state index in [0.717, 1.165) is 24.1 Å². The summed E-state index contributed by atoms with van der Waals surface area (Å²) in [5, 5.41) is 16.6. The molecule has 1 saturated carbocycles. The lowest BCUT2D eigenvalue weighted by molar-refractivity contribution is 0.219. The first kappa shape index (κ1) is 19.8. The van der Waals surface area contributed by atoms with Gasteiger partial charge in [-0.1, -0.05) is 0 Å². The zero-order valence-electron chi connectivity index (χ0n) is 17.2. The summed E-state index contributed by atoms with van der Waals surface area (Å²) in [5.41, 5.74) is 2.20. The minimum atomic E-state index is -0.692. The Labute approximate surface area is 174 Å². The maximum absolute atomic E-state index is 14.6. The number of rotatable bonds is 7. The Balaban J connectivity index is 1.53. The minimum absolute atomic E-state index is 0.106. The van der Waals surface area contributed by atoms with Crippen LogP contribution in [0.4, 0.5) is 16.0 Å². The smallest absolute Gasteiger partial charge is 0.227 e. The van der Waals surface area contributed by atoms with E-state index < -0.39 is 11.2 Å². The number of aromatic nitrogens is 4. The molecule has 30 heavy (non-hydrogen) atoms. The van der Waals surface area contributed by atoms with Crippen molar-refractivity contribution in [3.8, 4) is 23.1 Å². The quantitative estimate of drug-likeness (QED) is 0.607. The van der Waals surface area contributed by atoms with Crippen molar-refractivity contribution in [3.63, 3.8) is 0 Å². The van der Waals surface area contributed by atoms with E-state index in [2.05, 4.69) is 26.5 Å². The van der Waals surface area contributed by atoms with Crippen molar-refractivity contribution >= 4 is 11.6 Å². The summed E-state index contributed by atoms with van der Waals surface area (Å²) in [4.78, 5) is 8.89. The molecule has 154 valence electrons. The number of ether oxygens (including phenoxy) is 1. The van der Waals surface area contributed by atoms with Crippen LogP contribution in [0.3, 0.4) is 0 Å². The summed E-state index contributed by atoms with van der Waals surface area (Å²) in [7, 11) is 0. The highest BCUT2D eigenvalue weighted by Gasteiger charge is 2.24. The second-order valence-electron chi connectivity index (χ2n) is 8.22. The second kappa shape index (κ2) is 7.75. The van der Waals surface area contributed by atoms with Crippen molar-refractivity contribution in [3.05, 3.63) is 48.2 Å². The van der Waals surface area contributed by atoms with Crippen molar-refractivity contribution in [1.29, 1.82) is 5.26 Å². The topological polar surface area (TPSA) is 88.7 Å². The van der Waals surface area contributed by atoms with Gasteiger partial charge < -0.3 is 10.1 Å². The normalized spacial score (nSPS) is 13.7. The van der Waals surface area contributed by atoms with Crippen LogP contribution in [-0.2, 0) is 0 Å². The molecular formula is C22H23FN6O. The van der Waals surface area contributed by atoms with Gasteiger partial charge in [-0.2, -0.15) is 10.4 Å². The zero-order chi connectivity index (χ0) is 21.3. The van der Waals surface area contributed by atoms with Crippen LogP contribution in [0.2, 0.25) is 0 Å². The molecule has 3 aromatic rings. The molecule has 1 aliphatic rings. The molecule has 1 fully saturated rings. The number of nitriles is 1. The van der Waals surface area contributed by atoms with Gasteiger partial charge in [0.05, 0.1) is 35.1 Å². The van der Waals surface area contributed by atoms with E-state index >= 15 is 0 Å². The van der Waals surface area contributed by atoms with Gasteiger partial charge in [-0.25, -0.2) is 14.4 Å². The first-order valence-electron chi connectivity index (χ1n) is 9.83. The van der Waals surface area contributed by atoms with Gasteiger partial charge in [-0.15, -0.1) is 0 Å². The SMILES string of the molecule is Cc1cnc(Nc2cnn(C3CC3)c2)nc1-c1ccc(OCC(C)(C)C#N)c(F)c1. The molecule has 2 heterocycles. The summed E-state index contributed by atoms with van der Waals surface area (Å²) in [6.07, 6.45) is 7.70. The van der Waals surface area contributed by atoms with Crippen LogP contribution in [0.15, 0.2) is 36.8 Å². The summed E-state index contributed by atoms with van der Waals surface area (Å²) < 4.78 is 22.0. The van der Waals surface area contributed by atoms with Gasteiger partial charge in [0.1, 0.15) is 6.61 Å². The largest absolute Gasteiger partial charge is 0.489 e. The number of anilines is 2. The van der Waals surface area contributed by atoms with Crippen LogP contribution < -0.4 is 10.1 Å². The third kappa shape index (κ3) is 4.40. The van der Waals surface area contributed by atoms with E-state index in [4.69, 9.17) is 10.00 Å². The molecule has 8 heteroatoms. The van der Waals surface area contributed by atoms with E-state index in [9.17, 15) is 4.39 Å². The molecule has 0 unspecified atom stereocenters. The Kier molecular flexibility index (Phi) is 5.12. The average molecular weight is 406 g/mol. The highest BCUT2D eigenvalue weighted by molar-refractivity contribution is 5.65. The molecule has 1 aromatic carbocycles. The molecule has 0 amide bonds. The van der Waals surface area contributed by atoms with Gasteiger partial charge in [-0.3, -0.25) is 4.68 Å². The van der Waals surface area contributed by atoms with Gasteiger partial charge in [-0.05, 0) is 57.4 Å². The maximum atomic E-state index is 14.6. The lowest BCUT2D eigenvalue weighted by Crippen LogP contribution is -2.19. The predicted molar refractivity (Wildman–Crippen MR) is 111 cm³/mol. The van der Waals surface area contributed by atoms with E-state index in [1.54, 1.807) is 38.4 Å². The molecule has 7 nitrogen and oxygen atoms in total. The molecule has 0 radical (unpaired) electrons. The zero-order valence-corrected chi connectivity index (χ0v) is 17.2. The standard InChI is InChI=1S/C22H23FN6O/c1-14-9-25-21(27-16-10-26-29(11-16)17-5-6-17)28-20(14)15-4-7-19(18(23)8-15)30-13-22(2,3)12-24/h4,7-11,17H,5-6,13H2,1-3H3,(H,25,27,28). The van der Waals surface area contributed by atoms with Gasteiger partial charge in [0.25, 0.3) is 0 Å². The van der Waals surface area contributed by atoms with Gasteiger partial charge in [0, 0.05) is 18.0 Å².